The second-order valence-electron chi connectivity index (χ2n) is 6.43. The molecule has 1 aromatic heterocycles. The number of rotatable bonds is 5. The summed E-state index contributed by atoms with van der Waals surface area (Å²) < 4.78 is 6.64. The van der Waals surface area contributed by atoms with Gasteiger partial charge in [-0.05, 0) is 48.0 Å². The first-order valence-corrected chi connectivity index (χ1v) is 9.72. The SMILES string of the molecule is O=c1[nH]c2ccccc2c(=O)n1N=Cc1cc(Cl)ccc1OCc1ccc(Cl)cc1. The number of hydrogen-bond donors (Lipinski definition) is 1. The van der Waals surface area contributed by atoms with Gasteiger partial charge in [-0.3, -0.25) is 4.79 Å². The van der Waals surface area contributed by atoms with Crippen LogP contribution < -0.4 is 16.0 Å². The van der Waals surface area contributed by atoms with Crippen molar-refractivity contribution in [2.24, 2.45) is 5.10 Å². The van der Waals surface area contributed by atoms with E-state index in [1.165, 1.54) is 6.21 Å². The number of fused-ring (bicyclic) bond motifs is 1. The van der Waals surface area contributed by atoms with E-state index >= 15 is 0 Å². The molecule has 4 rings (SSSR count). The Kier molecular flexibility index (Phi) is 5.70. The molecule has 0 fully saturated rings. The van der Waals surface area contributed by atoms with E-state index in [9.17, 15) is 9.59 Å². The Morgan fingerprint density at radius 1 is 0.967 bits per heavy atom. The number of aromatic nitrogens is 2. The average molecular weight is 440 g/mol. The molecule has 4 aromatic rings. The van der Waals surface area contributed by atoms with E-state index in [-0.39, 0.29) is 0 Å². The molecule has 1 heterocycles. The highest BCUT2D eigenvalue weighted by atomic mass is 35.5. The van der Waals surface area contributed by atoms with Crippen LogP contribution in [-0.2, 0) is 6.61 Å². The maximum absolute atomic E-state index is 12.6. The molecule has 150 valence electrons. The fourth-order valence-corrected chi connectivity index (χ4v) is 3.18. The molecular weight excluding hydrogens is 425 g/mol. The molecule has 30 heavy (non-hydrogen) atoms. The van der Waals surface area contributed by atoms with Crippen LogP contribution in [-0.4, -0.2) is 15.9 Å². The first-order chi connectivity index (χ1) is 14.5. The highest BCUT2D eigenvalue weighted by molar-refractivity contribution is 6.31. The van der Waals surface area contributed by atoms with Gasteiger partial charge in [0.05, 0.1) is 17.1 Å². The Hall–Kier alpha value is -3.35. The average Bonchev–Trinajstić information content (AvgIpc) is 2.74. The highest BCUT2D eigenvalue weighted by Gasteiger charge is 2.08. The lowest BCUT2D eigenvalue weighted by atomic mass is 10.2. The summed E-state index contributed by atoms with van der Waals surface area (Å²) in [5, 5.41) is 5.54. The lowest BCUT2D eigenvalue weighted by molar-refractivity contribution is 0.306. The number of ether oxygens (including phenoxy) is 1. The molecular formula is C22H15Cl2N3O3. The number of para-hydroxylation sites is 1. The fourth-order valence-electron chi connectivity index (χ4n) is 2.87. The first-order valence-electron chi connectivity index (χ1n) is 8.96. The van der Waals surface area contributed by atoms with Crippen LogP contribution in [0, 0.1) is 0 Å². The lowest BCUT2D eigenvalue weighted by Crippen LogP contribution is -2.32. The molecule has 1 N–H and O–H groups in total. The zero-order valence-corrected chi connectivity index (χ0v) is 17.0. The van der Waals surface area contributed by atoms with Crippen molar-refractivity contribution in [3.05, 3.63) is 109 Å². The normalized spacial score (nSPS) is 11.3. The van der Waals surface area contributed by atoms with E-state index in [0.717, 1.165) is 10.2 Å². The molecule has 3 aromatic carbocycles. The summed E-state index contributed by atoms with van der Waals surface area (Å²) >= 11 is 12.0. The van der Waals surface area contributed by atoms with Crippen LogP contribution in [0.4, 0.5) is 0 Å². The minimum Gasteiger partial charge on any atom is -0.488 e. The van der Waals surface area contributed by atoms with Gasteiger partial charge in [-0.2, -0.15) is 5.10 Å². The topological polar surface area (TPSA) is 76.5 Å². The van der Waals surface area contributed by atoms with Crippen LogP contribution >= 0.6 is 23.2 Å². The molecule has 6 nitrogen and oxygen atoms in total. The Bertz CT molecular complexity index is 1360. The van der Waals surface area contributed by atoms with E-state index < -0.39 is 11.2 Å². The van der Waals surface area contributed by atoms with E-state index in [0.29, 0.717) is 38.9 Å². The van der Waals surface area contributed by atoms with Gasteiger partial charge in [0.2, 0.25) is 0 Å². The van der Waals surface area contributed by atoms with E-state index in [1.807, 2.05) is 12.1 Å². The van der Waals surface area contributed by atoms with Crippen LogP contribution in [0.25, 0.3) is 10.9 Å². The van der Waals surface area contributed by atoms with Crippen LogP contribution in [0.2, 0.25) is 10.0 Å². The monoisotopic (exact) mass is 439 g/mol. The maximum Gasteiger partial charge on any atom is 0.349 e. The summed E-state index contributed by atoms with van der Waals surface area (Å²) in [4.78, 5) is 27.6. The van der Waals surface area contributed by atoms with Crippen LogP contribution in [0.3, 0.4) is 0 Å². The number of nitrogens with zero attached hydrogens (tertiary/aromatic N) is 2. The summed E-state index contributed by atoms with van der Waals surface area (Å²) in [5.41, 5.74) is 0.751. The minimum atomic E-state index is -0.638. The molecule has 8 heteroatoms. The zero-order valence-electron chi connectivity index (χ0n) is 15.5. The standard InChI is InChI=1S/C22H15Cl2N3O3/c23-16-7-5-14(6-8-16)13-30-20-10-9-17(24)11-15(20)12-25-27-21(28)18-3-1-2-4-19(18)26-22(27)29/h1-12H,13H2,(H,26,29). The van der Waals surface area contributed by atoms with Gasteiger partial charge in [0.25, 0.3) is 5.56 Å². The fraction of sp³-hybridized carbons (Fsp3) is 0.0455. The van der Waals surface area contributed by atoms with Gasteiger partial charge in [-0.25, -0.2) is 4.79 Å². The van der Waals surface area contributed by atoms with Gasteiger partial charge in [-0.1, -0.05) is 47.5 Å². The van der Waals surface area contributed by atoms with Crippen LogP contribution in [0.5, 0.6) is 5.75 Å². The van der Waals surface area contributed by atoms with Gasteiger partial charge >= 0.3 is 5.69 Å². The maximum atomic E-state index is 12.6. The Balaban J connectivity index is 1.66. The number of hydrogen-bond acceptors (Lipinski definition) is 4. The Morgan fingerprint density at radius 2 is 1.70 bits per heavy atom. The summed E-state index contributed by atoms with van der Waals surface area (Å²) in [6.45, 7) is 0.302. The van der Waals surface area contributed by atoms with Gasteiger partial charge in [-0.15, -0.1) is 4.68 Å². The van der Waals surface area contributed by atoms with Crippen LogP contribution in [0.1, 0.15) is 11.1 Å². The van der Waals surface area contributed by atoms with Crippen molar-refractivity contribution in [2.75, 3.05) is 0 Å². The third-order valence-electron chi connectivity index (χ3n) is 4.38. The third-order valence-corrected chi connectivity index (χ3v) is 4.86. The second-order valence-corrected chi connectivity index (χ2v) is 7.31. The summed E-state index contributed by atoms with van der Waals surface area (Å²) in [7, 11) is 0. The molecule has 0 amide bonds. The molecule has 0 aliphatic carbocycles. The zero-order chi connectivity index (χ0) is 21.1. The first kappa shape index (κ1) is 19.9. The number of H-pyrrole nitrogens is 1. The largest absolute Gasteiger partial charge is 0.488 e. The van der Waals surface area contributed by atoms with Crippen molar-refractivity contribution >= 4 is 40.3 Å². The van der Waals surface area contributed by atoms with E-state index in [4.69, 9.17) is 27.9 Å². The van der Waals surface area contributed by atoms with Crippen molar-refractivity contribution in [1.29, 1.82) is 0 Å². The predicted octanol–water partition coefficient (Wildman–Crippen LogP) is 4.46. The van der Waals surface area contributed by atoms with Gasteiger partial charge < -0.3 is 9.72 Å². The van der Waals surface area contributed by atoms with Crippen molar-refractivity contribution in [2.45, 2.75) is 6.61 Å². The van der Waals surface area contributed by atoms with E-state index in [1.54, 1.807) is 54.6 Å². The molecule has 0 bridgehead atoms. The summed E-state index contributed by atoms with van der Waals surface area (Å²) in [6, 6.07) is 19.1. The molecule has 0 radical (unpaired) electrons. The molecule has 0 unspecified atom stereocenters. The predicted molar refractivity (Wildman–Crippen MR) is 119 cm³/mol. The number of benzene rings is 3. The van der Waals surface area contributed by atoms with Gasteiger partial charge in [0, 0.05) is 15.6 Å². The number of halogens is 2. The molecule has 0 atom stereocenters. The molecule has 0 aliphatic heterocycles. The van der Waals surface area contributed by atoms with Crippen molar-refractivity contribution < 1.29 is 4.74 Å². The summed E-state index contributed by atoms with van der Waals surface area (Å²) in [6.07, 6.45) is 1.37. The molecule has 0 spiro atoms. The lowest BCUT2D eigenvalue weighted by Gasteiger charge is -2.10. The number of nitrogens with one attached hydrogen (secondary N) is 1. The third kappa shape index (κ3) is 4.30. The van der Waals surface area contributed by atoms with Gasteiger partial charge in [0.1, 0.15) is 12.4 Å². The minimum absolute atomic E-state index is 0.302. The summed E-state index contributed by atoms with van der Waals surface area (Å²) in [5.74, 6) is 0.503. The smallest absolute Gasteiger partial charge is 0.349 e. The quantitative estimate of drug-likeness (QED) is 0.466. The molecule has 0 saturated heterocycles. The van der Waals surface area contributed by atoms with Crippen molar-refractivity contribution in [3.8, 4) is 5.75 Å². The second kappa shape index (κ2) is 8.57. The molecule has 0 saturated carbocycles. The Morgan fingerprint density at radius 3 is 2.50 bits per heavy atom. The Labute approximate surface area is 181 Å². The van der Waals surface area contributed by atoms with Gasteiger partial charge in [0.15, 0.2) is 0 Å². The molecule has 0 aliphatic rings. The van der Waals surface area contributed by atoms with E-state index in [2.05, 4.69) is 10.1 Å². The van der Waals surface area contributed by atoms with Crippen LogP contribution in [0.15, 0.2) is 81.4 Å². The van der Waals surface area contributed by atoms with Crippen molar-refractivity contribution in [3.63, 3.8) is 0 Å². The number of aromatic amines is 1. The highest BCUT2D eigenvalue weighted by Crippen LogP contribution is 2.23. The van der Waals surface area contributed by atoms with Crippen molar-refractivity contribution in [1.82, 2.24) is 9.66 Å².